The molecule has 0 spiro atoms. The normalized spacial score (nSPS) is 12.4. The fourth-order valence-electron chi connectivity index (χ4n) is 3.90. The van der Waals surface area contributed by atoms with Crippen molar-refractivity contribution < 1.29 is 4.79 Å². The zero-order valence-corrected chi connectivity index (χ0v) is 22.5. The predicted octanol–water partition coefficient (Wildman–Crippen LogP) is 5.21. The van der Waals surface area contributed by atoms with Crippen molar-refractivity contribution in [3.8, 4) is 0 Å². The van der Waals surface area contributed by atoms with Gasteiger partial charge in [-0.15, -0.1) is 0 Å². The quantitative estimate of drug-likeness (QED) is 0.330. The Bertz CT molecular complexity index is 1200. The van der Waals surface area contributed by atoms with Crippen LogP contribution >= 0.6 is 11.8 Å². The molecule has 0 bridgehead atoms. The molecule has 6 heteroatoms. The maximum atomic E-state index is 13.2. The number of benzene rings is 2. The molecule has 0 radical (unpaired) electrons. The molecule has 186 valence electrons. The largest absolute Gasteiger partial charge is 0.355 e. The van der Waals surface area contributed by atoms with Crippen molar-refractivity contribution in [1.29, 1.82) is 0 Å². The summed E-state index contributed by atoms with van der Waals surface area (Å²) in [7, 11) is 1.74. The van der Waals surface area contributed by atoms with Gasteiger partial charge in [-0.05, 0) is 41.9 Å². The molecule has 1 N–H and O–H groups in total. The lowest BCUT2D eigenvalue weighted by Crippen LogP contribution is -2.34. The van der Waals surface area contributed by atoms with E-state index in [1.807, 2.05) is 32.0 Å². The first kappa shape index (κ1) is 26.7. The Kier molecular flexibility index (Phi) is 8.95. The van der Waals surface area contributed by atoms with Gasteiger partial charge in [0, 0.05) is 31.3 Å². The van der Waals surface area contributed by atoms with Gasteiger partial charge >= 0.3 is 0 Å². The lowest BCUT2D eigenvalue weighted by molar-refractivity contribution is -0.120. The third kappa shape index (κ3) is 7.07. The molecule has 5 nitrogen and oxygen atoms in total. The van der Waals surface area contributed by atoms with Crippen LogP contribution in [0.5, 0.6) is 0 Å². The molecule has 1 heterocycles. The number of nitrogens with one attached hydrogen (secondary N) is 1. The SMILES string of the molecule is CCC(Sc1nc(C)c(Cc2ccc(C(C)(C)C)cc2)c(=O)n1C)C(=O)NCCc1ccccc1. The van der Waals surface area contributed by atoms with Gasteiger partial charge in [-0.2, -0.15) is 0 Å². The van der Waals surface area contributed by atoms with Gasteiger partial charge < -0.3 is 5.32 Å². The van der Waals surface area contributed by atoms with E-state index in [1.54, 1.807) is 11.6 Å². The van der Waals surface area contributed by atoms with E-state index in [0.29, 0.717) is 30.1 Å². The number of carbonyl (C=O) groups is 1. The fraction of sp³-hybridized carbons (Fsp3) is 0.414. The number of aryl methyl sites for hydroxylation is 1. The Balaban J connectivity index is 1.69. The standard InChI is InChI=1S/C29H37N3O2S/c1-7-25(26(33)30-18-17-21-11-9-8-10-12-21)35-28-31-20(2)24(27(34)32(28)6)19-22-13-15-23(16-14-22)29(3,4)5/h8-16,25H,7,17-19H2,1-6H3,(H,30,33). The maximum Gasteiger partial charge on any atom is 0.257 e. The second kappa shape index (κ2) is 11.7. The third-order valence-corrected chi connectivity index (χ3v) is 7.63. The van der Waals surface area contributed by atoms with Crippen LogP contribution < -0.4 is 10.9 Å². The minimum Gasteiger partial charge on any atom is -0.355 e. The Morgan fingerprint density at radius 3 is 2.31 bits per heavy atom. The van der Waals surface area contributed by atoms with Crippen molar-refractivity contribution in [3.05, 3.63) is 92.9 Å². The molecule has 1 unspecified atom stereocenters. The van der Waals surface area contributed by atoms with Gasteiger partial charge in [0.25, 0.3) is 5.56 Å². The highest BCUT2D eigenvalue weighted by Gasteiger charge is 2.22. The summed E-state index contributed by atoms with van der Waals surface area (Å²) in [5.74, 6) is -0.0247. The van der Waals surface area contributed by atoms with E-state index in [4.69, 9.17) is 4.98 Å². The maximum absolute atomic E-state index is 13.2. The highest BCUT2D eigenvalue weighted by molar-refractivity contribution is 8.00. The van der Waals surface area contributed by atoms with Gasteiger partial charge in [-0.1, -0.05) is 94.1 Å². The summed E-state index contributed by atoms with van der Waals surface area (Å²) in [6.07, 6.45) is 1.98. The number of nitrogens with zero attached hydrogens (tertiary/aromatic N) is 2. The van der Waals surface area contributed by atoms with Gasteiger partial charge in [0.15, 0.2) is 5.16 Å². The summed E-state index contributed by atoms with van der Waals surface area (Å²) in [6, 6.07) is 18.6. The van der Waals surface area contributed by atoms with Crippen molar-refractivity contribution in [1.82, 2.24) is 14.9 Å². The van der Waals surface area contributed by atoms with E-state index in [1.165, 1.54) is 22.9 Å². The van der Waals surface area contributed by atoms with Gasteiger partial charge in [-0.25, -0.2) is 4.98 Å². The third-order valence-electron chi connectivity index (χ3n) is 6.22. The summed E-state index contributed by atoms with van der Waals surface area (Å²) in [4.78, 5) is 30.8. The van der Waals surface area contributed by atoms with E-state index < -0.39 is 0 Å². The minimum absolute atomic E-state index is 0.0247. The van der Waals surface area contributed by atoms with E-state index in [0.717, 1.165) is 17.7 Å². The second-order valence-electron chi connectivity index (χ2n) is 9.99. The first-order valence-electron chi connectivity index (χ1n) is 12.2. The minimum atomic E-state index is -0.306. The van der Waals surface area contributed by atoms with E-state index in [2.05, 4.69) is 62.5 Å². The van der Waals surface area contributed by atoms with Crippen molar-refractivity contribution in [2.75, 3.05) is 6.54 Å². The van der Waals surface area contributed by atoms with Crippen molar-refractivity contribution >= 4 is 17.7 Å². The molecule has 0 aliphatic rings. The van der Waals surface area contributed by atoms with Crippen LogP contribution in [0.1, 0.15) is 62.1 Å². The first-order chi connectivity index (χ1) is 16.6. The molecule has 1 amide bonds. The Morgan fingerprint density at radius 1 is 1.06 bits per heavy atom. The second-order valence-corrected chi connectivity index (χ2v) is 11.2. The summed E-state index contributed by atoms with van der Waals surface area (Å²) in [5, 5.41) is 3.30. The van der Waals surface area contributed by atoms with Crippen molar-refractivity contribution in [2.24, 2.45) is 7.05 Å². The van der Waals surface area contributed by atoms with Crippen molar-refractivity contribution in [2.45, 2.75) is 69.7 Å². The molecule has 0 saturated heterocycles. The number of hydrogen-bond acceptors (Lipinski definition) is 4. The molecule has 0 aliphatic carbocycles. The van der Waals surface area contributed by atoms with Gasteiger partial charge in [-0.3, -0.25) is 14.2 Å². The number of aromatic nitrogens is 2. The molecule has 0 aliphatic heterocycles. The predicted molar refractivity (Wildman–Crippen MR) is 145 cm³/mol. The number of carbonyl (C=O) groups excluding carboxylic acids is 1. The highest BCUT2D eigenvalue weighted by Crippen LogP contribution is 2.25. The monoisotopic (exact) mass is 491 g/mol. The zero-order chi connectivity index (χ0) is 25.6. The van der Waals surface area contributed by atoms with Gasteiger partial charge in [0.1, 0.15) is 0 Å². The van der Waals surface area contributed by atoms with Crippen LogP contribution in [0.3, 0.4) is 0 Å². The van der Waals surface area contributed by atoms with E-state index >= 15 is 0 Å². The smallest absolute Gasteiger partial charge is 0.257 e. The first-order valence-corrected chi connectivity index (χ1v) is 13.1. The molecular weight excluding hydrogens is 454 g/mol. The molecule has 3 rings (SSSR count). The van der Waals surface area contributed by atoms with Gasteiger partial charge in [0.05, 0.1) is 5.25 Å². The average molecular weight is 492 g/mol. The zero-order valence-electron chi connectivity index (χ0n) is 21.7. The van der Waals surface area contributed by atoms with Crippen LogP contribution in [0.4, 0.5) is 0 Å². The average Bonchev–Trinajstić information content (AvgIpc) is 2.83. The summed E-state index contributed by atoms with van der Waals surface area (Å²) in [5.41, 5.74) is 4.99. The van der Waals surface area contributed by atoms with Gasteiger partial charge in [0.2, 0.25) is 5.91 Å². The number of amides is 1. The van der Waals surface area contributed by atoms with Crippen LogP contribution in [0.15, 0.2) is 64.5 Å². The summed E-state index contributed by atoms with van der Waals surface area (Å²) < 4.78 is 1.58. The molecular formula is C29H37N3O2S. The van der Waals surface area contributed by atoms with E-state index in [-0.39, 0.29) is 22.1 Å². The summed E-state index contributed by atoms with van der Waals surface area (Å²) >= 11 is 1.36. The van der Waals surface area contributed by atoms with Crippen LogP contribution in [-0.2, 0) is 30.1 Å². The highest BCUT2D eigenvalue weighted by atomic mass is 32.2. The van der Waals surface area contributed by atoms with E-state index in [9.17, 15) is 9.59 Å². The van der Waals surface area contributed by atoms with Crippen LogP contribution in [0, 0.1) is 6.92 Å². The number of rotatable bonds is 9. The Labute approximate surface area is 213 Å². The lowest BCUT2D eigenvalue weighted by Gasteiger charge is -2.19. The summed E-state index contributed by atoms with van der Waals surface area (Å²) in [6.45, 7) is 11.0. The molecule has 3 aromatic rings. The van der Waals surface area contributed by atoms with Crippen LogP contribution in [-0.4, -0.2) is 27.3 Å². The molecule has 35 heavy (non-hydrogen) atoms. The molecule has 2 aromatic carbocycles. The Morgan fingerprint density at radius 2 is 1.71 bits per heavy atom. The fourth-order valence-corrected chi connectivity index (χ4v) is 4.95. The molecule has 1 atom stereocenters. The number of thioether (sulfide) groups is 1. The molecule has 0 saturated carbocycles. The topological polar surface area (TPSA) is 64.0 Å². The molecule has 0 fully saturated rings. The lowest BCUT2D eigenvalue weighted by atomic mass is 9.86. The number of hydrogen-bond donors (Lipinski definition) is 1. The molecule has 1 aromatic heterocycles. The Hall–Kier alpha value is -2.86. The van der Waals surface area contributed by atoms with Crippen LogP contribution in [0.25, 0.3) is 0 Å². The van der Waals surface area contributed by atoms with Crippen LogP contribution in [0.2, 0.25) is 0 Å². The van der Waals surface area contributed by atoms with Crippen molar-refractivity contribution in [3.63, 3.8) is 0 Å².